The van der Waals surface area contributed by atoms with Crippen molar-refractivity contribution in [3.8, 4) is 0 Å². The molecule has 2 fully saturated rings. The molecule has 1 N–H and O–H groups in total. The Morgan fingerprint density at radius 3 is 2.69 bits per heavy atom. The summed E-state index contributed by atoms with van der Waals surface area (Å²) in [6.45, 7) is 7.17. The molecule has 1 heterocycles. The predicted molar refractivity (Wildman–Crippen MR) is 65.2 cm³/mol. The molecule has 0 aromatic heterocycles. The van der Waals surface area contributed by atoms with Crippen LogP contribution in [0.3, 0.4) is 0 Å². The average molecular weight is 224 g/mol. The van der Waals surface area contributed by atoms with Crippen LogP contribution in [-0.4, -0.2) is 36.5 Å². The number of carbonyl (C=O) groups is 1. The zero-order chi connectivity index (χ0) is 11.5. The molecule has 2 unspecified atom stereocenters. The van der Waals surface area contributed by atoms with Gasteiger partial charge in [-0.25, -0.2) is 0 Å². The van der Waals surface area contributed by atoms with Crippen LogP contribution in [0, 0.1) is 11.8 Å². The van der Waals surface area contributed by atoms with E-state index < -0.39 is 0 Å². The monoisotopic (exact) mass is 224 g/mol. The Labute approximate surface area is 98.6 Å². The average Bonchev–Trinajstić information content (AvgIpc) is 3.14. The molecule has 3 heteroatoms. The molecule has 1 aliphatic carbocycles. The molecule has 2 rings (SSSR count). The van der Waals surface area contributed by atoms with Crippen molar-refractivity contribution < 1.29 is 4.79 Å². The fourth-order valence-corrected chi connectivity index (χ4v) is 2.75. The van der Waals surface area contributed by atoms with Crippen molar-refractivity contribution in [1.82, 2.24) is 10.2 Å². The highest BCUT2D eigenvalue weighted by molar-refractivity contribution is 5.79. The van der Waals surface area contributed by atoms with Gasteiger partial charge in [0.25, 0.3) is 0 Å². The van der Waals surface area contributed by atoms with Crippen molar-refractivity contribution in [2.45, 2.75) is 45.6 Å². The molecule has 0 aromatic rings. The molecule has 1 amide bonds. The van der Waals surface area contributed by atoms with Crippen LogP contribution in [0.4, 0.5) is 0 Å². The molecule has 1 saturated heterocycles. The van der Waals surface area contributed by atoms with E-state index in [-0.39, 0.29) is 5.92 Å². The van der Waals surface area contributed by atoms with Crippen LogP contribution >= 0.6 is 0 Å². The lowest BCUT2D eigenvalue weighted by molar-refractivity contribution is -0.138. The Morgan fingerprint density at radius 1 is 1.44 bits per heavy atom. The normalized spacial score (nSPS) is 27.5. The third kappa shape index (κ3) is 2.57. The minimum absolute atomic E-state index is 0.252. The van der Waals surface area contributed by atoms with E-state index in [4.69, 9.17) is 0 Å². The third-order valence-corrected chi connectivity index (χ3v) is 4.05. The molecule has 16 heavy (non-hydrogen) atoms. The quantitative estimate of drug-likeness (QED) is 0.787. The van der Waals surface area contributed by atoms with Crippen LogP contribution < -0.4 is 5.32 Å². The number of likely N-dealkylation sites (N-methyl/N-ethyl adjacent to an activating group) is 1. The van der Waals surface area contributed by atoms with Gasteiger partial charge in [0.2, 0.25) is 5.91 Å². The molecule has 1 aliphatic heterocycles. The lowest BCUT2D eigenvalue weighted by Crippen LogP contribution is -2.50. The summed E-state index contributed by atoms with van der Waals surface area (Å²) in [6.07, 6.45) is 4.89. The van der Waals surface area contributed by atoms with Gasteiger partial charge in [0.05, 0.1) is 0 Å². The highest BCUT2D eigenvalue weighted by Crippen LogP contribution is 2.37. The van der Waals surface area contributed by atoms with E-state index in [2.05, 4.69) is 24.1 Å². The first-order chi connectivity index (χ1) is 7.74. The summed E-state index contributed by atoms with van der Waals surface area (Å²) >= 11 is 0. The maximum absolute atomic E-state index is 12.4. The van der Waals surface area contributed by atoms with Crippen LogP contribution in [0.15, 0.2) is 0 Å². The number of nitrogens with zero attached hydrogens (tertiary/aromatic N) is 1. The molecular weight excluding hydrogens is 200 g/mol. The van der Waals surface area contributed by atoms with Crippen molar-refractivity contribution in [3.63, 3.8) is 0 Å². The second-order valence-corrected chi connectivity index (χ2v) is 5.25. The Morgan fingerprint density at radius 2 is 2.19 bits per heavy atom. The van der Waals surface area contributed by atoms with Gasteiger partial charge in [0.1, 0.15) is 0 Å². The van der Waals surface area contributed by atoms with E-state index in [0.29, 0.717) is 17.9 Å². The largest absolute Gasteiger partial charge is 0.338 e. The van der Waals surface area contributed by atoms with E-state index in [9.17, 15) is 4.79 Å². The van der Waals surface area contributed by atoms with Crippen molar-refractivity contribution in [3.05, 3.63) is 0 Å². The first-order valence-corrected chi connectivity index (χ1v) is 6.75. The predicted octanol–water partition coefficient (Wildman–Crippen LogP) is 1.63. The SMILES string of the molecule is CCN(C(=O)C(C)C1CC1)C1CCCNC1. The molecule has 2 atom stereocenters. The Hall–Kier alpha value is -0.570. The number of carbonyl (C=O) groups excluding carboxylic acids is 1. The van der Waals surface area contributed by atoms with Gasteiger partial charge < -0.3 is 10.2 Å². The summed E-state index contributed by atoms with van der Waals surface area (Å²) in [4.78, 5) is 14.5. The lowest BCUT2D eigenvalue weighted by atomic mass is 10.0. The zero-order valence-electron chi connectivity index (χ0n) is 10.5. The molecule has 0 spiro atoms. The number of rotatable bonds is 4. The van der Waals surface area contributed by atoms with Crippen molar-refractivity contribution in [2.75, 3.05) is 19.6 Å². The number of hydrogen-bond acceptors (Lipinski definition) is 2. The second kappa shape index (κ2) is 5.17. The van der Waals surface area contributed by atoms with E-state index in [1.807, 2.05) is 0 Å². The standard InChI is InChI=1S/C13H24N2O/c1-3-15(12-5-4-8-14-9-12)13(16)10(2)11-6-7-11/h10-12,14H,3-9H2,1-2H3. The Bertz CT molecular complexity index is 244. The molecule has 0 aromatic carbocycles. The van der Waals surface area contributed by atoms with Gasteiger partial charge in [0.15, 0.2) is 0 Å². The molecule has 2 aliphatic rings. The van der Waals surface area contributed by atoms with E-state index in [1.54, 1.807) is 0 Å². The maximum Gasteiger partial charge on any atom is 0.225 e. The fraction of sp³-hybridized carbons (Fsp3) is 0.923. The van der Waals surface area contributed by atoms with E-state index in [1.165, 1.54) is 25.7 Å². The van der Waals surface area contributed by atoms with Crippen molar-refractivity contribution in [2.24, 2.45) is 11.8 Å². The summed E-state index contributed by atoms with van der Waals surface area (Å²) < 4.78 is 0. The number of nitrogens with one attached hydrogen (secondary N) is 1. The second-order valence-electron chi connectivity index (χ2n) is 5.25. The fourth-order valence-electron chi connectivity index (χ4n) is 2.75. The van der Waals surface area contributed by atoms with Gasteiger partial charge in [-0.3, -0.25) is 4.79 Å². The first-order valence-electron chi connectivity index (χ1n) is 6.75. The summed E-state index contributed by atoms with van der Waals surface area (Å²) in [7, 11) is 0. The molecule has 3 nitrogen and oxygen atoms in total. The zero-order valence-corrected chi connectivity index (χ0v) is 10.5. The number of hydrogen-bond donors (Lipinski definition) is 1. The summed E-state index contributed by atoms with van der Waals surface area (Å²) in [6, 6.07) is 0.437. The van der Waals surface area contributed by atoms with Gasteiger partial charge >= 0.3 is 0 Å². The van der Waals surface area contributed by atoms with Crippen molar-refractivity contribution in [1.29, 1.82) is 0 Å². The van der Waals surface area contributed by atoms with Crippen molar-refractivity contribution >= 4 is 5.91 Å². The summed E-state index contributed by atoms with van der Waals surface area (Å²) in [5, 5.41) is 3.39. The Kier molecular flexibility index (Phi) is 3.85. The molecule has 0 radical (unpaired) electrons. The maximum atomic E-state index is 12.4. The van der Waals surface area contributed by atoms with Gasteiger partial charge in [-0.2, -0.15) is 0 Å². The highest BCUT2D eigenvalue weighted by atomic mass is 16.2. The van der Waals surface area contributed by atoms with Gasteiger partial charge in [-0.15, -0.1) is 0 Å². The van der Waals surface area contributed by atoms with Crippen LogP contribution in [0.5, 0.6) is 0 Å². The van der Waals surface area contributed by atoms with Crippen LogP contribution in [0.2, 0.25) is 0 Å². The molecule has 92 valence electrons. The molecule has 0 bridgehead atoms. The van der Waals surface area contributed by atoms with Crippen LogP contribution in [0.1, 0.15) is 39.5 Å². The van der Waals surface area contributed by atoms with Gasteiger partial charge in [0, 0.05) is 25.0 Å². The van der Waals surface area contributed by atoms with E-state index in [0.717, 1.165) is 19.6 Å². The van der Waals surface area contributed by atoms with E-state index >= 15 is 0 Å². The highest BCUT2D eigenvalue weighted by Gasteiger charge is 2.36. The smallest absolute Gasteiger partial charge is 0.225 e. The van der Waals surface area contributed by atoms with Gasteiger partial charge in [-0.1, -0.05) is 6.92 Å². The van der Waals surface area contributed by atoms with Crippen LogP contribution in [0.25, 0.3) is 0 Å². The van der Waals surface area contributed by atoms with Gasteiger partial charge in [-0.05, 0) is 45.1 Å². The van der Waals surface area contributed by atoms with Crippen LogP contribution in [-0.2, 0) is 4.79 Å². The number of amides is 1. The molecule has 1 saturated carbocycles. The first kappa shape index (κ1) is 11.9. The minimum Gasteiger partial charge on any atom is -0.338 e. The summed E-state index contributed by atoms with van der Waals surface area (Å²) in [5.74, 6) is 1.32. The topological polar surface area (TPSA) is 32.3 Å². The third-order valence-electron chi connectivity index (χ3n) is 4.05. The molecular formula is C13H24N2O. The number of piperidine rings is 1. The Balaban J connectivity index is 1.93. The summed E-state index contributed by atoms with van der Waals surface area (Å²) in [5.41, 5.74) is 0. The lowest BCUT2D eigenvalue weighted by Gasteiger charge is -2.35. The minimum atomic E-state index is 0.252.